The lowest BCUT2D eigenvalue weighted by molar-refractivity contribution is -0.352. The molecule has 0 aliphatic carbocycles. The zero-order valence-corrected chi connectivity index (χ0v) is 31.4. The van der Waals surface area contributed by atoms with Crippen LogP contribution in [-0.2, 0) is 30.1 Å². The highest BCUT2D eigenvalue weighted by Crippen LogP contribution is 2.41. The number of fused-ring (bicyclic) bond motifs is 1. The monoisotopic (exact) mass is 808 g/mol. The van der Waals surface area contributed by atoms with Crippen molar-refractivity contribution >= 4 is 11.0 Å². The second kappa shape index (κ2) is 17.1. The molecule has 57 heavy (non-hydrogen) atoms. The number of hydrogen-bond donors (Lipinski definition) is 10. The van der Waals surface area contributed by atoms with Crippen LogP contribution in [0.5, 0.6) is 23.0 Å². The van der Waals surface area contributed by atoms with E-state index in [0.29, 0.717) is 5.56 Å². The van der Waals surface area contributed by atoms with E-state index in [4.69, 9.17) is 37.6 Å². The number of ether oxygens (including phenoxy) is 7. The Balaban J connectivity index is 1.43. The number of methoxy groups -OCH3 is 1. The van der Waals surface area contributed by atoms with Crippen molar-refractivity contribution < 1.29 is 88.6 Å². The van der Waals surface area contributed by atoms with Gasteiger partial charge >= 0.3 is 0 Å². The van der Waals surface area contributed by atoms with E-state index in [9.17, 15) is 55.9 Å². The second-order valence-corrected chi connectivity index (χ2v) is 14.5. The Hall–Kier alpha value is -3.93. The zero-order valence-electron chi connectivity index (χ0n) is 31.4. The van der Waals surface area contributed by atoms with Gasteiger partial charge < -0.3 is 88.6 Å². The number of aliphatic hydroxyl groups is 8. The molecule has 1 aromatic heterocycles. The van der Waals surface area contributed by atoms with Crippen LogP contribution in [0.3, 0.4) is 0 Å². The second-order valence-electron chi connectivity index (χ2n) is 14.5. The molecule has 3 aliphatic rings. The number of hydrogen-bond acceptors (Lipinski definition) is 19. The molecule has 0 bridgehead atoms. The van der Waals surface area contributed by atoms with E-state index < -0.39 is 116 Å². The van der Waals surface area contributed by atoms with Gasteiger partial charge in [0.2, 0.25) is 17.5 Å². The summed E-state index contributed by atoms with van der Waals surface area (Å²) in [6.07, 6.45) is -18.4. The quantitative estimate of drug-likeness (QED) is 0.0970. The first-order valence-corrected chi connectivity index (χ1v) is 18.1. The summed E-state index contributed by atoms with van der Waals surface area (Å²) in [5.74, 6) is -1.30. The van der Waals surface area contributed by atoms with Crippen molar-refractivity contribution in [3.05, 3.63) is 57.8 Å². The summed E-state index contributed by atoms with van der Waals surface area (Å²) in [6, 6.07) is 6.69. The van der Waals surface area contributed by atoms with Gasteiger partial charge in [0.25, 0.3) is 0 Å². The molecule has 10 N–H and O–H groups in total. The molecule has 0 spiro atoms. The van der Waals surface area contributed by atoms with Crippen LogP contribution in [-0.4, -0.2) is 157 Å². The minimum atomic E-state index is -2.06. The van der Waals surface area contributed by atoms with Crippen molar-refractivity contribution in [2.45, 2.75) is 107 Å². The maximum absolute atomic E-state index is 14.5. The fourth-order valence-corrected chi connectivity index (χ4v) is 6.77. The highest BCUT2D eigenvalue weighted by Gasteiger charge is 2.53. The van der Waals surface area contributed by atoms with Gasteiger partial charge in [-0.25, -0.2) is 0 Å². The topological polar surface area (TPSA) is 297 Å². The first-order chi connectivity index (χ1) is 27.0. The number of aliphatic hydroxyl groups excluding tert-OH is 7. The molecule has 3 aromatic rings. The summed E-state index contributed by atoms with van der Waals surface area (Å²) >= 11 is 0. The minimum Gasteiger partial charge on any atom is -0.508 e. The summed E-state index contributed by atoms with van der Waals surface area (Å²) < 4.78 is 46.2. The molecular formula is C38H48O19. The van der Waals surface area contributed by atoms with Gasteiger partial charge in [-0.3, -0.25) is 4.79 Å². The molecule has 0 unspecified atom stereocenters. The smallest absolute Gasteiger partial charge is 0.239 e. The predicted octanol–water partition coefficient (Wildman–Crippen LogP) is -1.12. The third-order valence-electron chi connectivity index (χ3n) is 10.2. The summed E-state index contributed by atoms with van der Waals surface area (Å²) in [5.41, 5.74) is -1.53. The Morgan fingerprint density at radius 3 is 2.26 bits per heavy atom. The first kappa shape index (κ1) is 42.7. The summed E-state index contributed by atoms with van der Waals surface area (Å²) in [5, 5.41) is 106. The molecule has 0 radical (unpaired) electrons. The van der Waals surface area contributed by atoms with Crippen LogP contribution < -0.4 is 14.9 Å². The number of aromatic hydroxyl groups is 2. The number of allylic oxidation sites excluding steroid dienone is 2. The van der Waals surface area contributed by atoms with Crippen LogP contribution in [0.4, 0.5) is 0 Å². The average molecular weight is 809 g/mol. The molecule has 314 valence electrons. The lowest BCUT2D eigenvalue weighted by Crippen LogP contribution is -2.65. The van der Waals surface area contributed by atoms with E-state index in [2.05, 4.69) is 0 Å². The van der Waals surface area contributed by atoms with Crippen LogP contribution >= 0.6 is 0 Å². The Kier molecular flexibility index (Phi) is 12.8. The van der Waals surface area contributed by atoms with Crippen LogP contribution in [0.25, 0.3) is 22.3 Å². The van der Waals surface area contributed by atoms with E-state index >= 15 is 0 Å². The average Bonchev–Trinajstić information content (AvgIpc) is 3.47. The number of phenolic OH excluding ortho intramolecular Hbond substituents is 2. The number of phenols is 2. The highest BCUT2D eigenvalue weighted by atomic mass is 16.7. The van der Waals surface area contributed by atoms with E-state index in [-0.39, 0.29) is 40.2 Å². The van der Waals surface area contributed by atoms with Crippen LogP contribution in [0, 0.1) is 0 Å². The van der Waals surface area contributed by atoms with E-state index in [0.717, 1.165) is 5.57 Å². The Labute approximate surface area is 325 Å². The van der Waals surface area contributed by atoms with Gasteiger partial charge in [0.15, 0.2) is 18.3 Å². The van der Waals surface area contributed by atoms with Crippen molar-refractivity contribution in [2.24, 2.45) is 0 Å². The fourth-order valence-electron chi connectivity index (χ4n) is 6.77. The largest absolute Gasteiger partial charge is 0.508 e. The molecule has 3 saturated heterocycles. The molecule has 0 amide bonds. The molecule has 19 heteroatoms. The first-order valence-electron chi connectivity index (χ1n) is 18.1. The molecule has 4 heterocycles. The lowest BCUT2D eigenvalue weighted by Gasteiger charge is -2.46. The maximum Gasteiger partial charge on any atom is 0.239 e. The Bertz CT molecular complexity index is 1960. The minimum absolute atomic E-state index is 0.0611. The summed E-state index contributed by atoms with van der Waals surface area (Å²) in [6.45, 7) is 3.09. The molecule has 13 atom stereocenters. The molecule has 19 nitrogen and oxygen atoms in total. The van der Waals surface area contributed by atoms with Gasteiger partial charge in [-0.2, -0.15) is 0 Å². The third kappa shape index (κ3) is 8.35. The van der Waals surface area contributed by atoms with Crippen molar-refractivity contribution in [1.82, 2.24) is 0 Å². The summed E-state index contributed by atoms with van der Waals surface area (Å²) in [4.78, 5) is 14.5. The highest BCUT2D eigenvalue weighted by molar-refractivity contribution is 5.91. The van der Waals surface area contributed by atoms with Gasteiger partial charge in [-0.1, -0.05) is 11.6 Å². The van der Waals surface area contributed by atoms with Crippen molar-refractivity contribution in [2.75, 3.05) is 26.9 Å². The Morgan fingerprint density at radius 2 is 1.63 bits per heavy atom. The molecule has 6 rings (SSSR count). The van der Waals surface area contributed by atoms with Crippen LogP contribution in [0.1, 0.15) is 26.3 Å². The molecule has 0 saturated carbocycles. The van der Waals surface area contributed by atoms with Gasteiger partial charge in [0.1, 0.15) is 82.7 Å². The standard InChI is InChI=1S/C38H48O19/c1-15(2)5-10-19-21(50-4)11-20(41)23-26(44)33(30(55-31(19)23)17-6-8-18(40)9-7-17)57-36-29(47)32(56-35-28(46)27(45)24(42)16(3)53-35)25(43)22(54-36)12-51-37-34(48)38(49,13-39)14-52-37/h5-9,11,16,22,24-25,27-29,32,34-37,39-43,45-49H,10,12-14H2,1-4H3/t16-,22+,24-,25+,27+,28-,29+,32-,34+,35-,36-,37+,38-/m0/s1. The van der Waals surface area contributed by atoms with E-state index in [1.807, 2.05) is 19.9 Å². The van der Waals surface area contributed by atoms with Crippen molar-refractivity contribution in [3.8, 4) is 34.3 Å². The van der Waals surface area contributed by atoms with Gasteiger partial charge in [0, 0.05) is 17.2 Å². The van der Waals surface area contributed by atoms with Gasteiger partial charge in [-0.15, -0.1) is 0 Å². The van der Waals surface area contributed by atoms with E-state index in [1.165, 1.54) is 44.4 Å². The zero-order chi connectivity index (χ0) is 41.5. The number of rotatable bonds is 12. The fraction of sp³-hybridized carbons (Fsp3) is 0.553. The van der Waals surface area contributed by atoms with Crippen LogP contribution in [0.15, 0.2) is 51.2 Å². The Morgan fingerprint density at radius 1 is 0.930 bits per heavy atom. The molecule has 3 aliphatic heterocycles. The number of benzene rings is 2. The van der Waals surface area contributed by atoms with E-state index in [1.54, 1.807) is 0 Å². The lowest BCUT2D eigenvalue weighted by atomic mass is 9.97. The summed E-state index contributed by atoms with van der Waals surface area (Å²) in [7, 11) is 1.38. The SMILES string of the molecule is COc1cc(O)c2c(=O)c(O[C@@H]3O[C@H](CO[C@@H]4OC[C@@](O)(CO)[C@@H]4O)[C@@H](O)[C@H](O[C@@H]4O[C@@H](C)[C@H](O)[C@@H](O)[C@@H]4O)[C@H]3O)c(-c3ccc(O)cc3)oc2c1CC=C(C)C. The molecule has 2 aromatic carbocycles. The van der Waals surface area contributed by atoms with Crippen molar-refractivity contribution in [1.29, 1.82) is 0 Å². The maximum atomic E-state index is 14.5. The third-order valence-corrected chi connectivity index (χ3v) is 10.2. The normalized spacial score (nSPS) is 34.3. The van der Waals surface area contributed by atoms with Crippen LogP contribution in [0.2, 0.25) is 0 Å². The predicted molar refractivity (Wildman–Crippen MR) is 193 cm³/mol. The van der Waals surface area contributed by atoms with Gasteiger partial charge in [0.05, 0.1) is 33.0 Å². The molecular weight excluding hydrogens is 760 g/mol. The molecule has 3 fully saturated rings. The van der Waals surface area contributed by atoms with Gasteiger partial charge in [-0.05, 0) is 51.5 Å². The van der Waals surface area contributed by atoms with Crippen molar-refractivity contribution in [3.63, 3.8) is 0 Å².